The number of nitroso groups, excluding NO2 is 1. The highest BCUT2D eigenvalue weighted by Crippen LogP contribution is 2.31. The Kier molecular flexibility index (Phi) is 2.52. The van der Waals surface area contributed by atoms with E-state index in [1.165, 1.54) is 12.8 Å². The first-order valence-electron chi connectivity index (χ1n) is 5.40. The van der Waals surface area contributed by atoms with Crippen LogP contribution in [0, 0.1) is 16.7 Å². The number of nitrogens with one attached hydrogen (secondary N) is 1. The molecule has 2 aliphatic rings. The molecule has 0 spiro atoms. The van der Waals surface area contributed by atoms with Crippen molar-refractivity contribution in [2.45, 2.75) is 38.8 Å². The van der Waals surface area contributed by atoms with Crippen molar-refractivity contribution in [3.8, 4) is 0 Å². The van der Waals surface area contributed by atoms with Crippen LogP contribution in [0.25, 0.3) is 0 Å². The fourth-order valence-electron chi connectivity index (χ4n) is 2.64. The van der Waals surface area contributed by atoms with Gasteiger partial charge in [-0.15, -0.1) is 0 Å². The van der Waals surface area contributed by atoms with Crippen LogP contribution in [0.4, 0.5) is 0 Å². The van der Waals surface area contributed by atoms with Gasteiger partial charge in [0, 0.05) is 15.6 Å². The van der Waals surface area contributed by atoms with Gasteiger partial charge in [0.2, 0.25) is 0 Å². The quantitative estimate of drug-likeness (QED) is 0.639. The van der Waals surface area contributed by atoms with Crippen molar-refractivity contribution in [2.24, 2.45) is 11.8 Å². The molecule has 78 valence electrons. The average Bonchev–Trinajstić information content (AvgIpc) is 2.45. The summed E-state index contributed by atoms with van der Waals surface area (Å²) < 4.78 is 0.908. The Bertz CT molecular complexity index is 265. The van der Waals surface area contributed by atoms with Gasteiger partial charge in [0.1, 0.15) is 0 Å². The van der Waals surface area contributed by atoms with Crippen molar-refractivity contribution in [2.75, 3.05) is 6.54 Å². The number of amides is 1. The molecule has 1 saturated carbocycles. The summed E-state index contributed by atoms with van der Waals surface area (Å²) in [6.07, 6.45) is 4.35. The first kappa shape index (κ1) is 9.62. The largest absolute Gasteiger partial charge is 0.295 e. The van der Waals surface area contributed by atoms with Crippen LogP contribution in [0.1, 0.15) is 32.6 Å². The van der Waals surface area contributed by atoms with Crippen LogP contribution in [0.15, 0.2) is 0 Å². The van der Waals surface area contributed by atoms with Gasteiger partial charge in [0.15, 0.2) is 0 Å². The van der Waals surface area contributed by atoms with Gasteiger partial charge in [-0.1, -0.05) is 19.8 Å². The van der Waals surface area contributed by atoms with E-state index in [1.807, 2.05) is 0 Å². The molecule has 0 aromatic rings. The predicted molar refractivity (Wildman–Crippen MR) is 51.5 cm³/mol. The maximum atomic E-state index is 11.4. The maximum Gasteiger partial charge on any atom is 0.295 e. The van der Waals surface area contributed by atoms with Gasteiger partial charge in [-0.05, 0) is 18.8 Å². The molecule has 0 bridgehead atoms. The first-order valence-corrected chi connectivity index (χ1v) is 5.40. The Morgan fingerprint density at radius 1 is 1.43 bits per heavy atom. The Morgan fingerprint density at radius 2 is 2.21 bits per heavy atom. The lowest BCUT2D eigenvalue weighted by Crippen LogP contribution is -2.39. The summed E-state index contributed by atoms with van der Waals surface area (Å²) in [7, 11) is 0. The Balaban J connectivity index is 2.00. The van der Waals surface area contributed by atoms with Crippen molar-refractivity contribution in [1.82, 2.24) is 5.32 Å². The standard InChI is InChI=1S/C10H16N2O2/c1-7-3-2-4-8(5-7)10-11-9(13)6-12(10)14/h7-8,10H,2-6H2,1H3/p+1. The lowest BCUT2D eigenvalue weighted by atomic mass is 9.81. The SMILES string of the molecule is CC1CCCC(C2NC(=O)C[N+]2=O)C1. The van der Waals surface area contributed by atoms with Gasteiger partial charge in [-0.2, -0.15) is 0 Å². The van der Waals surface area contributed by atoms with E-state index in [9.17, 15) is 9.70 Å². The van der Waals surface area contributed by atoms with Crippen LogP contribution in [-0.4, -0.2) is 23.4 Å². The van der Waals surface area contributed by atoms with E-state index < -0.39 is 0 Å². The molecular weight excluding hydrogens is 180 g/mol. The van der Waals surface area contributed by atoms with Crippen molar-refractivity contribution >= 4 is 5.91 Å². The third kappa shape index (κ3) is 1.79. The van der Waals surface area contributed by atoms with Crippen molar-refractivity contribution in [3.63, 3.8) is 0 Å². The molecule has 4 nitrogen and oxygen atoms in total. The molecule has 1 amide bonds. The molecule has 1 heterocycles. The summed E-state index contributed by atoms with van der Waals surface area (Å²) in [6, 6.07) is 0. The number of carbonyl (C=O) groups excluding carboxylic acids is 1. The summed E-state index contributed by atoms with van der Waals surface area (Å²) in [6.45, 7) is 2.24. The molecule has 0 radical (unpaired) electrons. The van der Waals surface area contributed by atoms with Gasteiger partial charge in [-0.3, -0.25) is 10.1 Å². The van der Waals surface area contributed by atoms with E-state index in [1.54, 1.807) is 0 Å². The van der Waals surface area contributed by atoms with Crippen LogP contribution in [0.5, 0.6) is 0 Å². The van der Waals surface area contributed by atoms with Crippen molar-refractivity contribution < 1.29 is 9.55 Å². The van der Waals surface area contributed by atoms with Crippen molar-refractivity contribution in [1.29, 1.82) is 0 Å². The third-order valence-electron chi connectivity index (χ3n) is 3.34. The van der Waals surface area contributed by atoms with E-state index in [2.05, 4.69) is 12.2 Å². The zero-order chi connectivity index (χ0) is 10.1. The molecule has 3 atom stereocenters. The zero-order valence-electron chi connectivity index (χ0n) is 8.53. The molecule has 2 rings (SSSR count). The second kappa shape index (κ2) is 3.67. The summed E-state index contributed by atoms with van der Waals surface area (Å²) in [5.41, 5.74) is 0. The molecule has 3 unspecified atom stereocenters. The van der Waals surface area contributed by atoms with Gasteiger partial charge in [-0.25, -0.2) is 0 Å². The minimum Gasteiger partial charge on any atom is -0.289 e. The predicted octanol–water partition coefficient (Wildman–Crippen LogP) is 1.05. The second-order valence-electron chi connectivity index (χ2n) is 4.62. The monoisotopic (exact) mass is 197 g/mol. The van der Waals surface area contributed by atoms with Crippen LogP contribution >= 0.6 is 0 Å². The normalized spacial score (nSPS) is 38.5. The van der Waals surface area contributed by atoms with Gasteiger partial charge >= 0.3 is 0 Å². The number of hydrogen-bond donors (Lipinski definition) is 1. The fraction of sp³-hybridized carbons (Fsp3) is 0.900. The van der Waals surface area contributed by atoms with E-state index in [0.717, 1.165) is 17.6 Å². The summed E-state index contributed by atoms with van der Waals surface area (Å²) in [4.78, 5) is 22.5. The molecule has 1 aliphatic carbocycles. The molecular formula is C10H17N2O2+. The number of nitrogens with zero attached hydrogens (tertiary/aromatic N) is 1. The molecule has 4 heteroatoms. The Labute approximate surface area is 83.6 Å². The third-order valence-corrected chi connectivity index (χ3v) is 3.34. The van der Waals surface area contributed by atoms with Crippen LogP contribution in [-0.2, 0) is 4.79 Å². The number of rotatable bonds is 1. The van der Waals surface area contributed by atoms with Crippen molar-refractivity contribution in [3.05, 3.63) is 4.91 Å². The summed E-state index contributed by atoms with van der Waals surface area (Å²) in [5.74, 6) is 0.936. The first-order chi connectivity index (χ1) is 6.66. The number of carbonyl (C=O) groups is 1. The number of hydrogen-bond acceptors (Lipinski definition) is 2. The van der Waals surface area contributed by atoms with Crippen LogP contribution in [0.2, 0.25) is 0 Å². The Hall–Kier alpha value is -0.930. The average molecular weight is 197 g/mol. The Morgan fingerprint density at radius 3 is 2.79 bits per heavy atom. The minimum absolute atomic E-state index is 0.0234. The second-order valence-corrected chi connectivity index (χ2v) is 4.62. The minimum atomic E-state index is -0.245. The van der Waals surface area contributed by atoms with E-state index in [-0.39, 0.29) is 18.6 Å². The zero-order valence-corrected chi connectivity index (χ0v) is 8.53. The molecule has 14 heavy (non-hydrogen) atoms. The highest BCUT2D eigenvalue weighted by Gasteiger charge is 2.44. The fourth-order valence-corrected chi connectivity index (χ4v) is 2.64. The van der Waals surface area contributed by atoms with E-state index in [4.69, 9.17) is 0 Å². The highest BCUT2D eigenvalue weighted by molar-refractivity contribution is 5.78. The highest BCUT2D eigenvalue weighted by atomic mass is 16.3. The van der Waals surface area contributed by atoms with Gasteiger partial charge in [0.25, 0.3) is 18.6 Å². The molecule has 2 fully saturated rings. The molecule has 0 aromatic carbocycles. The van der Waals surface area contributed by atoms with Gasteiger partial charge < -0.3 is 0 Å². The van der Waals surface area contributed by atoms with Crippen LogP contribution < -0.4 is 5.32 Å². The van der Waals surface area contributed by atoms with Gasteiger partial charge in [0.05, 0.1) is 0 Å². The van der Waals surface area contributed by atoms with E-state index in [0.29, 0.717) is 11.8 Å². The summed E-state index contributed by atoms with van der Waals surface area (Å²) >= 11 is 0. The molecule has 0 aromatic heterocycles. The lowest BCUT2D eigenvalue weighted by molar-refractivity contribution is -0.573. The topological polar surface area (TPSA) is 49.2 Å². The van der Waals surface area contributed by atoms with E-state index >= 15 is 0 Å². The lowest BCUT2D eigenvalue weighted by Gasteiger charge is -2.26. The van der Waals surface area contributed by atoms with Crippen LogP contribution in [0.3, 0.4) is 0 Å². The molecule has 1 saturated heterocycles. The maximum absolute atomic E-state index is 11.4. The molecule has 1 N–H and O–H groups in total. The smallest absolute Gasteiger partial charge is 0.289 e. The molecule has 1 aliphatic heterocycles. The summed E-state index contributed by atoms with van der Waals surface area (Å²) in [5, 5.41) is 2.77.